The van der Waals surface area contributed by atoms with Crippen LogP contribution in [-0.4, -0.2) is 25.0 Å². The molecule has 2 N–H and O–H groups in total. The standard InChI is InChI=1S/C15H22F2N2/c1-10-4-5-13(15(2,16)17)12(6-10)14-7-11(8-18)9-19(14)3/h4-6,11,14H,7-9,18H2,1-3H3. The maximum Gasteiger partial charge on any atom is 0.270 e. The Kier molecular flexibility index (Phi) is 3.92. The average Bonchev–Trinajstić information content (AvgIpc) is 2.68. The molecular weight excluding hydrogens is 246 g/mol. The first-order valence-electron chi connectivity index (χ1n) is 6.72. The van der Waals surface area contributed by atoms with Gasteiger partial charge in [0.05, 0.1) is 0 Å². The van der Waals surface area contributed by atoms with E-state index in [1.807, 2.05) is 20.0 Å². The SMILES string of the molecule is Cc1ccc(C(C)(F)F)c(C2CC(CN)CN2C)c1. The maximum absolute atomic E-state index is 13.8. The van der Waals surface area contributed by atoms with Crippen LogP contribution in [0.15, 0.2) is 18.2 Å². The van der Waals surface area contributed by atoms with E-state index in [2.05, 4.69) is 4.90 Å². The summed E-state index contributed by atoms with van der Waals surface area (Å²) in [5.41, 5.74) is 7.64. The van der Waals surface area contributed by atoms with E-state index < -0.39 is 5.92 Å². The van der Waals surface area contributed by atoms with E-state index in [1.165, 1.54) is 0 Å². The quantitative estimate of drug-likeness (QED) is 0.913. The lowest BCUT2D eigenvalue weighted by atomic mass is 9.92. The van der Waals surface area contributed by atoms with Crippen LogP contribution in [0.1, 0.15) is 36.1 Å². The van der Waals surface area contributed by atoms with Crippen LogP contribution >= 0.6 is 0 Å². The van der Waals surface area contributed by atoms with Crippen molar-refractivity contribution in [2.24, 2.45) is 11.7 Å². The number of nitrogens with zero attached hydrogens (tertiary/aromatic N) is 1. The molecule has 4 heteroatoms. The lowest BCUT2D eigenvalue weighted by Crippen LogP contribution is -2.22. The smallest absolute Gasteiger partial charge is 0.270 e. The Hall–Kier alpha value is -1.00. The van der Waals surface area contributed by atoms with E-state index in [9.17, 15) is 8.78 Å². The number of rotatable bonds is 3. The Bertz CT molecular complexity index is 454. The number of likely N-dealkylation sites (tertiary alicyclic amines) is 1. The molecule has 0 saturated carbocycles. The summed E-state index contributed by atoms with van der Waals surface area (Å²) in [4.78, 5) is 2.14. The Labute approximate surface area is 113 Å². The van der Waals surface area contributed by atoms with Crippen LogP contribution in [0.4, 0.5) is 8.78 Å². The number of aryl methyl sites for hydroxylation is 1. The average molecular weight is 268 g/mol. The third-order valence-electron chi connectivity index (χ3n) is 4.01. The summed E-state index contributed by atoms with van der Waals surface area (Å²) in [6, 6.07) is 5.27. The first-order chi connectivity index (χ1) is 8.82. The monoisotopic (exact) mass is 268 g/mol. The van der Waals surface area contributed by atoms with E-state index in [0.717, 1.165) is 31.0 Å². The first-order valence-corrected chi connectivity index (χ1v) is 6.72. The zero-order valence-electron chi connectivity index (χ0n) is 11.8. The number of nitrogens with two attached hydrogens (primary N) is 1. The van der Waals surface area contributed by atoms with Gasteiger partial charge in [0.1, 0.15) is 0 Å². The van der Waals surface area contributed by atoms with E-state index in [-0.39, 0.29) is 11.6 Å². The largest absolute Gasteiger partial charge is 0.330 e. The Balaban J connectivity index is 2.41. The van der Waals surface area contributed by atoms with Crippen molar-refractivity contribution in [1.29, 1.82) is 0 Å². The van der Waals surface area contributed by atoms with Gasteiger partial charge in [-0.25, -0.2) is 8.78 Å². The molecule has 0 spiro atoms. The second-order valence-corrected chi connectivity index (χ2v) is 5.77. The van der Waals surface area contributed by atoms with Gasteiger partial charge in [-0.1, -0.05) is 23.8 Å². The van der Waals surface area contributed by atoms with Crippen LogP contribution in [-0.2, 0) is 5.92 Å². The number of benzene rings is 1. The van der Waals surface area contributed by atoms with Gasteiger partial charge < -0.3 is 5.73 Å². The van der Waals surface area contributed by atoms with Crippen molar-refractivity contribution in [1.82, 2.24) is 4.90 Å². The Morgan fingerprint density at radius 2 is 2.11 bits per heavy atom. The van der Waals surface area contributed by atoms with Gasteiger partial charge in [-0.2, -0.15) is 0 Å². The second kappa shape index (κ2) is 5.17. The van der Waals surface area contributed by atoms with Crippen molar-refractivity contribution in [2.75, 3.05) is 20.1 Å². The van der Waals surface area contributed by atoms with Crippen LogP contribution in [0.3, 0.4) is 0 Å². The predicted molar refractivity (Wildman–Crippen MR) is 73.3 cm³/mol. The van der Waals surface area contributed by atoms with E-state index in [1.54, 1.807) is 12.1 Å². The van der Waals surface area contributed by atoms with Crippen molar-refractivity contribution in [3.8, 4) is 0 Å². The topological polar surface area (TPSA) is 29.3 Å². The first kappa shape index (κ1) is 14.4. The third kappa shape index (κ3) is 2.95. The highest BCUT2D eigenvalue weighted by molar-refractivity contribution is 5.37. The summed E-state index contributed by atoms with van der Waals surface area (Å²) >= 11 is 0. The minimum Gasteiger partial charge on any atom is -0.330 e. The van der Waals surface area contributed by atoms with Crippen molar-refractivity contribution in [3.63, 3.8) is 0 Å². The fourth-order valence-electron chi connectivity index (χ4n) is 3.00. The molecular formula is C15H22F2N2. The number of hydrogen-bond acceptors (Lipinski definition) is 2. The molecule has 0 aliphatic carbocycles. The maximum atomic E-state index is 13.8. The van der Waals surface area contributed by atoms with Gasteiger partial charge in [0.25, 0.3) is 5.92 Å². The lowest BCUT2D eigenvalue weighted by molar-refractivity contribution is 0.0154. The van der Waals surface area contributed by atoms with Gasteiger partial charge >= 0.3 is 0 Å². The molecule has 1 aliphatic rings. The van der Waals surface area contributed by atoms with Gasteiger partial charge in [0.15, 0.2) is 0 Å². The summed E-state index contributed by atoms with van der Waals surface area (Å²) < 4.78 is 27.5. The molecule has 0 radical (unpaired) electrons. The molecule has 2 rings (SSSR count). The molecule has 1 saturated heterocycles. The summed E-state index contributed by atoms with van der Waals surface area (Å²) in [7, 11) is 1.99. The molecule has 1 aromatic rings. The van der Waals surface area contributed by atoms with Gasteiger partial charge in [-0.05, 0) is 38.4 Å². The summed E-state index contributed by atoms with van der Waals surface area (Å²) in [6.45, 7) is 4.40. The van der Waals surface area contributed by atoms with E-state index in [4.69, 9.17) is 5.73 Å². The fraction of sp³-hybridized carbons (Fsp3) is 0.600. The Morgan fingerprint density at radius 3 is 2.63 bits per heavy atom. The molecule has 2 nitrogen and oxygen atoms in total. The molecule has 1 fully saturated rings. The molecule has 1 aromatic carbocycles. The predicted octanol–water partition coefficient (Wildman–Crippen LogP) is 3.06. The summed E-state index contributed by atoms with van der Waals surface area (Å²) in [5.74, 6) is -2.40. The number of hydrogen-bond donors (Lipinski definition) is 1. The molecule has 106 valence electrons. The minimum absolute atomic E-state index is 0.0503. The molecule has 0 aromatic heterocycles. The molecule has 1 heterocycles. The van der Waals surface area contributed by atoms with Crippen LogP contribution in [0.2, 0.25) is 0 Å². The fourth-order valence-corrected chi connectivity index (χ4v) is 3.00. The molecule has 2 atom stereocenters. The number of alkyl halides is 2. The van der Waals surface area contributed by atoms with Gasteiger partial charge in [-0.15, -0.1) is 0 Å². The highest BCUT2D eigenvalue weighted by atomic mass is 19.3. The normalized spacial score (nSPS) is 24.9. The third-order valence-corrected chi connectivity index (χ3v) is 4.01. The zero-order chi connectivity index (χ0) is 14.2. The summed E-state index contributed by atoms with van der Waals surface area (Å²) in [6.07, 6.45) is 0.861. The second-order valence-electron chi connectivity index (χ2n) is 5.77. The minimum atomic E-state index is -2.80. The molecule has 1 aliphatic heterocycles. The van der Waals surface area contributed by atoms with Gasteiger partial charge in [0, 0.05) is 25.1 Å². The van der Waals surface area contributed by atoms with Crippen LogP contribution < -0.4 is 5.73 Å². The number of halogens is 2. The van der Waals surface area contributed by atoms with Crippen LogP contribution in [0, 0.1) is 12.8 Å². The summed E-state index contributed by atoms with van der Waals surface area (Å²) in [5, 5.41) is 0. The molecule has 19 heavy (non-hydrogen) atoms. The highest BCUT2D eigenvalue weighted by Gasteiger charge is 2.35. The zero-order valence-corrected chi connectivity index (χ0v) is 11.8. The van der Waals surface area contributed by atoms with E-state index >= 15 is 0 Å². The lowest BCUT2D eigenvalue weighted by Gasteiger charge is -2.25. The Morgan fingerprint density at radius 1 is 1.42 bits per heavy atom. The van der Waals surface area contributed by atoms with E-state index in [0.29, 0.717) is 12.5 Å². The van der Waals surface area contributed by atoms with Crippen LogP contribution in [0.5, 0.6) is 0 Å². The van der Waals surface area contributed by atoms with Gasteiger partial charge in [-0.3, -0.25) is 4.90 Å². The highest BCUT2D eigenvalue weighted by Crippen LogP contribution is 2.40. The van der Waals surface area contributed by atoms with Crippen molar-refractivity contribution < 1.29 is 8.78 Å². The van der Waals surface area contributed by atoms with Gasteiger partial charge in [0.2, 0.25) is 0 Å². The van der Waals surface area contributed by atoms with Crippen LogP contribution in [0.25, 0.3) is 0 Å². The molecule has 0 bridgehead atoms. The molecule has 2 unspecified atom stereocenters. The van der Waals surface area contributed by atoms with Crippen molar-refractivity contribution in [3.05, 3.63) is 34.9 Å². The van der Waals surface area contributed by atoms with Crippen molar-refractivity contribution >= 4 is 0 Å². The molecule has 0 amide bonds. The van der Waals surface area contributed by atoms with Crippen molar-refractivity contribution in [2.45, 2.75) is 32.2 Å².